The van der Waals surface area contributed by atoms with Crippen LogP contribution in [0.4, 0.5) is 0 Å². The molecule has 0 radical (unpaired) electrons. The minimum absolute atomic E-state index is 0.409. The predicted molar refractivity (Wildman–Crippen MR) is 69.8 cm³/mol. The summed E-state index contributed by atoms with van der Waals surface area (Å²) in [7, 11) is 0. The second-order valence-electron chi connectivity index (χ2n) is 6.68. The van der Waals surface area contributed by atoms with Gasteiger partial charge in [0.2, 0.25) is 0 Å². The first kappa shape index (κ1) is 11.7. The van der Waals surface area contributed by atoms with Crippen molar-refractivity contribution in [3.63, 3.8) is 0 Å². The molecule has 3 rings (SSSR count). The van der Waals surface area contributed by atoms with Gasteiger partial charge in [0.25, 0.3) is 0 Å². The lowest BCUT2D eigenvalue weighted by molar-refractivity contribution is -0.0963. The molecule has 4 atom stereocenters. The predicted octanol–water partition coefficient (Wildman–Crippen LogP) is 2.58. The third kappa shape index (κ3) is 2.06. The van der Waals surface area contributed by atoms with Crippen molar-refractivity contribution in [2.24, 2.45) is 11.8 Å². The minimum atomic E-state index is -0.409. The Morgan fingerprint density at radius 1 is 1.47 bits per heavy atom. The SMILES string of the molecule is CC1=C[C@H]2C[C@@H]3[C@H](CCC[C@@]3(C)O)CN2CC1. The molecule has 0 aromatic heterocycles. The molecule has 2 fully saturated rings. The highest BCUT2D eigenvalue weighted by molar-refractivity contribution is 5.13. The average Bonchev–Trinajstić information content (AvgIpc) is 2.27. The molecule has 2 aliphatic heterocycles. The fourth-order valence-corrected chi connectivity index (χ4v) is 4.29. The molecule has 2 heteroatoms. The quantitative estimate of drug-likeness (QED) is 0.652. The summed E-state index contributed by atoms with van der Waals surface area (Å²) in [6.07, 6.45) is 8.40. The molecule has 2 heterocycles. The molecule has 1 aliphatic carbocycles. The van der Waals surface area contributed by atoms with Gasteiger partial charge in [-0.3, -0.25) is 4.90 Å². The Morgan fingerprint density at radius 2 is 2.29 bits per heavy atom. The summed E-state index contributed by atoms with van der Waals surface area (Å²) < 4.78 is 0. The Bertz CT molecular complexity index is 334. The number of rotatable bonds is 0. The molecule has 0 amide bonds. The number of fused-ring (bicyclic) bond motifs is 2. The maximum absolute atomic E-state index is 10.6. The van der Waals surface area contributed by atoms with E-state index in [2.05, 4.69) is 24.8 Å². The van der Waals surface area contributed by atoms with Crippen molar-refractivity contribution in [2.45, 2.75) is 57.6 Å². The van der Waals surface area contributed by atoms with E-state index in [-0.39, 0.29) is 0 Å². The van der Waals surface area contributed by atoms with Gasteiger partial charge in [-0.05, 0) is 51.4 Å². The largest absolute Gasteiger partial charge is 0.390 e. The third-order valence-electron chi connectivity index (χ3n) is 5.33. The van der Waals surface area contributed by atoms with Gasteiger partial charge in [-0.15, -0.1) is 0 Å². The van der Waals surface area contributed by atoms with Crippen molar-refractivity contribution >= 4 is 0 Å². The summed E-state index contributed by atoms with van der Waals surface area (Å²) in [5, 5.41) is 10.6. The molecule has 0 aromatic carbocycles. The van der Waals surface area contributed by atoms with E-state index in [1.165, 1.54) is 38.8 Å². The van der Waals surface area contributed by atoms with Gasteiger partial charge in [-0.1, -0.05) is 18.1 Å². The molecular formula is C15H25NO. The standard InChI is InChI=1S/C15H25NO/c1-11-5-7-16-10-12-4-3-6-15(2,17)14(12)9-13(16)8-11/h8,12-14,17H,3-7,9-10H2,1-2H3/t12-,13+,14-,15-/m1/s1. The summed E-state index contributed by atoms with van der Waals surface area (Å²) in [6.45, 7) is 6.77. The van der Waals surface area contributed by atoms with E-state index in [9.17, 15) is 5.11 Å². The Labute approximate surface area is 105 Å². The van der Waals surface area contributed by atoms with Crippen molar-refractivity contribution < 1.29 is 5.11 Å². The molecule has 1 saturated carbocycles. The molecule has 1 saturated heterocycles. The maximum atomic E-state index is 10.6. The summed E-state index contributed by atoms with van der Waals surface area (Å²) in [6, 6.07) is 0.606. The lowest BCUT2D eigenvalue weighted by Gasteiger charge is -2.52. The molecule has 17 heavy (non-hydrogen) atoms. The highest BCUT2D eigenvalue weighted by Crippen LogP contribution is 2.45. The summed E-state index contributed by atoms with van der Waals surface area (Å²) in [5.41, 5.74) is 1.13. The Balaban J connectivity index is 1.81. The van der Waals surface area contributed by atoms with Gasteiger partial charge in [0.1, 0.15) is 0 Å². The van der Waals surface area contributed by atoms with Crippen LogP contribution in [-0.2, 0) is 0 Å². The Morgan fingerprint density at radius 3 is 3.12 bits per heavy atom. The minimum Gasteiger partial charge on any atom is -0.390 e. The molecule has 0 spiro atoms. The molecule has 1 N–H and O–H groups in total. The molecule has 0 aromatic rings. The lowest BCUT2D eigenvalue weighted by atomic mass is 9.64. The van der Waals surface area contributed by atoms with Gasteiger partial charge in [0, 0.05) is 19.1 Å². The molecule has 96 valence electrons. The Hall–Kier alpha value is -0.340. The van der Waals surface area contributed by atoms with Crippen molar-refractivity contribution in [1.82, 2.24) is 4.90 Å². The van der Waals surface area contributed by atoms with Crippen molar-refractivity contribution in [1.29, 1.82) is 0 Å². The number of nitrogens with zero attached hydrogens (tertiary/aromatic N) is 1. The van der Waals surface area contributed by atoms with E-state index >= 15 is 0 Å². The van der Waals surface area contributed by atoms with Crippen LogP contribution in [0.1, 0.15) is 46.0 Å². The first-order valence-electron chi connectivity index (χ1n) is 7.20. The normalized spacial score (nSPS) is 47.0. The number of hydrogen-bond donors (Lipinski definition) is 1. The number of piperidine rings is 1. The second-order valence-corrected chi connectivity index (χ2v) is 6.68. The molecule has 2 nitrogen and oxygen atoms in total. The van der Waals surface area contributed by atoms with E-state index in [0.29, 0.717) is 12.0 Å². The molecular weight excluding hydrogens is 210 g/mol. The monoisotopic (exact) mass is 235 g/mol. The second kappa shape index (κ2) is 4.10. The van der Waals surface area contributed by atoms with Crippen LogP contribution >= 0.6 is 0 Å². The highest BCUT2D eigenvalue weighted by atomic mass is 16.3. The van der Waals surface area contributed by atoms with Gasteiger partial charge >= 0.3 is 0 Å². The first-order chi connectivity index (χ1) is 8.06. The van der Waals surface area contributed by atoms with Crippen LogP contribution in [0, 0.1) is 11.8 Å². The van der Waals surface area contributed by atoms with E-state index in [1.807, 2.05) is 0 Å². The van der Waals surface area contributed by atoms with Crippen molar-refractivity contribution in [3.8, 4) is 0 Å². The smallest absolute Gasteiger partial charge is 0.0651 e. The Kier molecular flexibility index (Phi) is 2.83. The van der Waals surface area contributed by atoms with E-state index < -0.39 is 5.60 Å². The molecule has 0 bridgehead atoms. The number of aliphatic hydroxyl groups is 1. The fraction of sp³-hybridized carbons (Fsp3) is 0.867. The highest BCUT2D eigenvalue weighted by Gasteiger charge is 2.46. The third-order valence-corrected chi connectivity index (χ3v) is 5.33. The van der Waals surface area contributed by atoms with Gasteiger partial charge in [0.05, 0.1) is 5.60 Å². The fourth-order valence-electron chi connectivity index (χ4n) is 4.29. The van der Waals surface area contributed by atoms with Crippen LogP contribution < -0.4 is 0 Å². The van der Waals surface area contributed by atoms with Crippen molar-refractivity contribution in [2.75, 3.05) is 13.1 Å². The average molecular weight is 235 g/mol. The van der Waals surface area contributed by atoms with E-state index in [4.69, 9.17) is 0 Å². The van der Waals surface area contributed by atoms with Crippen LogP contribution in [0.3, 0.4) is 0 Å². The van der Waals surface area contributed by atoms with E-state index in [0.717, 1.165) is 12.3 Å². The van der Waals surface area contributed by atoms with Crippen molar-refractivity contribution in [3.05, 3.63) is 11.6 Å². The van der Waals surface area contributed by atoms with Crippen LogP contribution in [0.5, 0.6) is 0 Å². The zero-order valence-corrected chi connectivity index (χ0v) is 11.2. The van der Waals surface area contributed by atoms with Crippen LogP contribution in [-0.4, -0.2) is 34.7 Å². The zero-order valence-electron chi connectivity index (χ0n) is 11.2. The van der Waals surface area contributed by atoms with Crippen LogP contribution in [0.2, 0.25) is 0 Å². The summed E-state index contributed by atoms with van der Waals surface area (Å²) in [5.74, 6) is 1.27. The first-order valence-corrected chi connectivity index (χ1v) is 7.20. The zero-order chi connectivity index (χ0) is 12.0. The maximum Gasteiger partial charge on any atom is 0.0651 e. The van der Waals surface area contributed by atoms with Crippen LogP contribution in [0.25, 0.3) is 0 Å². The van der Waals surface area contributed by atoms with Gasteiger partial charge < -0.3 is 5.11 Å². The summed E-state index contributed by atoms with van der Waals surface area (Å²) in [4.78, 5) is 2.65. The summed E-state index contributed by atoms with van der Waals surface area (Å²) >= 11 is 0. The topological polar surface area (TPSA) is 23.5 Å². The molecule has 3 aliphatic rings. The number of hydrogen-bond acceptors (Lipinski definition) is 2. The van der Waals surface area contributed by atoms with Gasteiger partial charge in [-0.2, -0.15) is 0 Å². The van der Waals surface area contributed by atoms with Crippen LogP contribution in [0.15, 0.2) is 11.6 Å². The van der Waals surface area contributed by atoms with E-state index in [1.54, 1.807) is 5.57 Å². The van der Waals surface area contributed by atoms with Gasteiger partial charge in [-0.25, -0.2) is 0 Å². The lowest BCUT2D eigenvalue weighted by Crippen LogP contribution is -2.55. The molecule has 0 unspecified atom stereocenters. The van der Waals surface area contributed by atoms with Gasteiger partial charge in [0.15, 0.2) is 0 Å².